The first-order valence-corrected chi connectivity index (χ1v) is 8.76. The molecule has 0 aromatic carbocycles. The Hall–Kier alpha value is -1.10. The van der Waals surface area contributed by atoms with Gasteiger partial charge >= 0.3 is 0 Å². The molecule has 0 bridgehead atoms. The molecule has 22 heavy (non-hydrogen) atoms. The van der Waals surface area contributed by atoms with Crippen LogP contribution in [0.2, 0.25) is 0 Å². The van der Waals surface area contributed by atoms with Crippen LogP contribution in [0.3, 0.4) is 0 Å². The van der Waals surface area contributed by atoms with Crippen molar-refractivity contribution in [2.45, 2.75) is 64.0 Å². The molecule has 5 heteroatoms. The highest BCUT2D eigenvalue weighted by molar-refractivity contribution is 5.90. The summed E-state index contributed by atoms with van der Waals surface area (Å²) in [5, 5.41) is 3.07. The van der Waals surface area contributed by atoms with E-state index in [1.165, 1.54) is 19.3 Å². The zero-order chi connectivity index (χ0) is 16.1. The van der Waals surface area contributed by atoms with Crippen molar-refractivity contribution in [3.63, 3.8) is 0 Å². The molecule has 1 aliphatic carbocycles. The molecule has 0 unspecified atom stereocenters. The quantitative estimate of drug-likeness (QED) is 0.840. The number of carbonyl (C=O) groups is 2. The number of carbonyl (C=O) groups excluding carboxylic acids is 2. The third kappa shape index (κ3) is 4.22. The third-order valence-electron chi connectivity index (χ3n) is 5.26. The minimum atomic E-state index is -0.326. The van der Waals surface area contributed by atoms with Gasteiger partial charge in [-0.2, -0.15) is 0 Å². The molecular weight excluding hydrogens is 278 g/mol. The third-order valence-corrected chi connectivity index (χ3v) is 5.26. The number of amides is 2. The highest BCUT2D eigenvalue weighted by Gasteiger charge is 2.35. The molecule has 1 N–H and O–H groups in total. The van der Waals surface area contributed by atoms with Gasteiger partial charge in [-0.1, -0.05) is 19.3 Å². The summed E-state index contributed by atoms with van der Waals surface area (Å²) in [5.74, 6) is 0.414. The summed E-state index contributed by atoms with van der Waals surface area (Å²) in [4.78, 5) is 29.1. The molecule has 0 aromatic heterocycles. The topological polar surface area (TPSA) is 52.7 Å². The predicted molar refractivity (Wildman–Crippen MR) is 87.5 cm³/mol. The van der Waals surface area contributed by atoms with E-state index in [0.29, 0.717) is 5.92 Å². The molecule has 0 radical (unpaired) electrons. The molecule has 1 saturated heterocycles. The first-order valence-electron chi connectivity index (χ1n) is 8.76. The molecule has 2 amide bonds. The van der Waals surface area contributed by atoms with Crippen LogP contribution in [0.15, 0.2) is 0 Å². The summed E-state index contributed by atoms with van der Waals surface area (Å²) in [6, 6.07) is -0.536. The van der Waals surface area contributed by atoms with E-state index < -0.39 is 0 Å². The second-order valence-electron chi connectivity index (χ2n) is 7.06. The SMILES string of the molecule is C[C@@H](C(=O)N[C@H](C(=O)N1CCCC1)C1CCCCC1)N(C)C. The molecule has 126 valence electrons. The molecule has 1 aliphatic heterocycles. The van der Waals surface area contributed by atoms with Crippen LogP contribution in [0.1, 0.15) is 51.9 Å². The van der Waals surface area contributed by atoms with Crippen molar-refractivity contribution in [1.29, 1.82) is 0 Å². The van der Waals surface area contributed by atoms with E-state index in [1.807, 2.05) is 30.8 Å². The number of likely N-dealkylation sites (N-methyl/N-ethyl adjacent to an activating group) is 1. The predicted octanol–water partition coefficient (Wildman–Crippen LogP) is 1.62. The fourth-order valence-corrected chi connectivity index (χ4v) is 3.49. The Labute approximate surface area is 134 Å². The van der Waals surface area contributed by atoms with Crippen LogP contribution in [0, 0.1) is 5.92 Å². The lowest BCUT2D eigenvalue weighted by Crippen LogP contribution is -2.55. The summed E-state index contributed by atoms with van der Waals surface area (Å²) in [6.45, 7) is 3.58. The Bertz CT molecular complexity index is 385. The highest BCUT2D eigenvalue weighted by atomic mass is 16.2. The van der Waals surface area contributed by atoms with Crippen molar-refractivity contribution >= 4 is 11.8 Å². The normalized spacial score (nSPS) is 22.6. The van der Waals surface area contributed by atoms with E-state index in [-0.39, 0.29) is 23.9 Å². The van der Waals surface area contributed by atoms with Gasteiger partial charge in [0.2, 0.25) is 11.8 Å². The van der Waals surface area contributed by atoms with Crippen LogP contribution in [0.5, 0.6) is 0 Å². The van der Waals surface area contributed by atoms with Crippen molar-refractivity contribution in [3.05, 3.63) is 0 Å². The average Bonchev–Trinajstić information content (AvgIpc) is 3.06. The maximum atomic E-state index is 12.9. The maximum Gasteiger partial charge on any atom is 0.245 e. The molecule has 5 nitrogen and oxygen atoms in total. The van der Waals surface area contributed by atoms with Gasteiger partial charge in [-0.3, -0.25) is 14.5 Å². The molecule has 2 fully saturated rings. The van der Waals surface area contributed by atoms with Crippen LogP contribution in [-0.2, 0) is 9.59 Å². The van der Waals surface area contributed by atoms with Crippen molar-refractivity contribution in [2.24, 2.45) is 5.92 Å². The smallest absolute Gasteiger partial charge is 0.245 e. The second-order valence-corrected chi connectivity index (χ2v) is 7.06. The van der Waals surface area contributed by atoms with Crippen LogP contribution >= 0.6 is 0 Å². The summed E-state index contributed by atoms with van der Waals surface area (Å²) in [6.07, 6.45) is 7.89. The Morgan fingerprint density at radius 2 is 1.64 bits per heavy atom. The van der Waals surface area contributed by atoms with Crippen molar-refractivity contribution in [1.82, 2.24) is 15.1 Å². The van der Waals surface area contributed by atoms with Gasteiger partial charge in [-0.15, -0.1) is 0 Å². The van der Waals surface area contributed by atoms with Crippen LogP contribution in [0.4, 0.5) is 0 Å². The summed E-state index contributed by atoms with van der Waals surface area (Å²) >= 11 is 0. The fraction of sp³-hybridized carbons (Fsp3) is 0.882. The minimum absolute atomic E-state index is 0.0341. The summed E-state index contributed by atoms with van der Waals surface area (Å²) in [7, 11) is 3.78. The number of likely N-dealkylation sites (tertiary alicyclic amines) is 1. The second kappa shape index (κ2) is 7.95. The number of nitrogens with one attached hydrogen (secondary N) is 1. The molecule has 2 atom stereocenters. The standard InChI is InChI=1S/C17H31N3O2/c1-13(19(2)3)16(21)18-15(14-9-5-4-6-10-14)17(22)20-11-7-8-12-20/h13-15H,4-12H2,1-3H3,(H,18,21)/t13-,15-/m0/s1. The van der Waals surface area contributed by atoms with Gasteiger partial charge < -0.3 is 10.2 Å². The van der Waals surface area contributed by atoms with Crippen LogP contribution in [-0.4, -0.2) is 60.9 Å². The monoisotopic (exact) mass is 309 g/mol. The highest BCUT2D eigenvalue weighted by Crippen LogP contribution is 2.28. The Kier molecular flexibility index (Phi) is 6.24. The lowest BCUT2D eigenvalue weighted by Gasteiger charge is -2.34. The van der Waals surface area contributed by atoms with E-state index >= 15 is 0 Å². The van der Waals surface area contributed by atoms with E-state index in [0.717, 1.165) is 38.8 Å². The zero-order valence-electron chi connectivity index (χ0n) is 14.3. The minimum Gasteiger partial charge on any atom is -0.343 e. The lowest BCUT2D eigenvalue weighted by atomic mass is 9.83. The van der Waals surface area contributed by atoms with Gasteiger partial charge in [-0.05, 0) is 52.6 Å². The van der Waals surface area contributed by atoms with E-state index in [9.17, 15) is 9.59 Å². The van der Waals surface area contributed by atoms with Crippen LogP contribution in [0.25, 0.3) is 0 Å². The number of hydrogen-bond donors (Lipinski definition) is 1. The summed E-state index contributed by atoms with van der Waals surface area (Å²) in [5.41, 5.74) is 0. The lowest BCUT2D eigenvalue weighted by molar-refractivity contribution is -0.138. The van der Waals surface area contributed by atoms with Crippen molar-refractivity contribution in [3.8, 4) is 0 Å². The van der Waals surface area contributed by atoms with Gasteiger partial charge in [0.25, 0.3) is 0 Å². The molecule has 1 heterocycles. The number of rotatable bonds is 5. The van der Waals surface area contributed by atoms with E-state index in [4.69, 9.17) is 0 Å². The average molecular weight is 309 g/mol. The zero-order valence-corrected chi connectivity index (χ0v) is 14.3. The van der Waals surface area contributed by atoms with E-state index in [1.54, 1.807) is 0 Å². The Balaban J connectivity index is 2.06. The maximum absolute atomic E-state index is 12.9. The molecule has 0 aromatic rings. The molecule has 2 rings (SSSR count). The molecule has 1 saturated carbocycles. The first kappa shape index (κ1) is 17.3. The molecule has 0 spiro atoms. The van der Waals surface area contributed by atoms with Gasteiger partial charge in [0.15, 0.2) is 0 Å². The molecular formula is C17H31N3O2. The Morgan fingerprint density at radius 1 is 1.05 bits per heavy atom. The van der Waals surface area contributed by atoms with Gasteiger partial charge in [-0.25, -0.2) is 0 Å². The van der Waals surface area contributed by atoms with E-state index in [2.05, 4.69) is 5.32 Å². The first-order chi connectivity index (χ1) is 10.5. The largest absolute Gasteiger partial charge is 0.343 e. The van der Waals surface area contributed by atoms with Crippen molar-refractivity contribution < 1.29 is 9.59 Å². The van der Waals surface area contributed by atoms with Crippen LogP contribution < -0.4 is 5.32 Å². The fourth-order valence-electron chi connectivity index (χ4n) is 3.49. The van der Waals surface area contributed by atoms with Gasteiger partial charge in [0.1, 0.15) is 6.04 Å². The van der Waals surface area contributed by atoms with Gasteiger partial charge in [0.05, 0.1) is 6.04 Å². The number of hydrogen-bond acceptors (Lipinski definition) is 3. The number of nitrogens with zero attached hydrogens (tertiary/aromatic N) is 2. The van der Waals surface area contributed by atoms with Crippen molar-refractivity contribution in [2.75, 3.05) is 27.2 Å². The van der Waals surface area contributed by atoms with Gasteiger partial charge in [0, 0.05) is 13.1 Å². The molecule has 2 aliphatic rings. The summed E-state index contributed by atoms with van der Waals surface area (Å²) < 4.78 is 0. The Morgan fingerprint density at radius 3 is 2.18 bits per heavy atom.